The Kier molecular flexibility index (Phi) is 4.59. The Morgan fingerprint density at radius 1 is 1.07 bits per heavy atom. The zero-order chi connectivity index (χ0) is 18.8. The first kappa shape index (κ1) is 17.2. The van der Waals surface area contributed by atoms with Gasteiger partial charge in [0.2, 0.25) is 5.95 Å². The molecule has 0 saturated heterocycles. The molecular weight excluding hydrogens is 336 g/mol. The van der Waals surface area contributed by atoms with Gasteiger partial charge in [0.1, 0.15) is 5.69 Å². The van der Waals surface area contributed by atoms with Gasteiger partial charge in [-0.15, -0.1) is 0 Å². The number of anilines is 2. The van der Waals surface area contributed by atoms with E-state index in [9.17, 15) is 4.79 Å². The maximum Gasteiger partial charge on any atom is 0.277 e. The number of para-hydroxylation sites is 1. The number of hydrogen-bond donors (Lipinski definition) is 1. The third-order valence-electron chi connectivity index (χ3n) is 4.78. The SMILES string of the molecule is Cc1ccc(CNc2nc(C)cc(C(=O)N3CCc4ccccc43)n2)cc1. The van der Waals surface area contributed by atoms with E-state index >= 15 is 0 Å². The number of rotatable bonds is 4. The summed E-state index contributed by atoms with van der Waals surface area (Å²) >= 11 is 0. The molecule has 0 radical (unpaired) electrons. The predicted molar refractivity (Wildman–Crippen MR) is 107 cm³/mol. The number of carbonyl (C=O) groups excluding carboxylic acids is 1. The highest BCUT2D eigenvalue weighted by Crippen LogP contribution is 2.28. The van der Waals surface area contributed by atoms with Gasteiger partial charge in [-0.05, 0) is 43.5 Å². The molecule has 0 aliphatic carbocycles. The summed E-state index contributed by atoms with van der Waals surface area (Å²) in [6, 6.07) is 18.1. The van der Waals surface area contributed by atoms with Gasteiger partial charge in [-0.3, -0.25) is 4.79 Å². The van der Waals surface area contributed by atoms with Crippen molar-refractivity contribution < 1.29 is 4.79 Å². The lowest BCUT2D eigenvalue weighted by molar-refractivity contribution is 0.0984. The fraction of sp³-hybridized carbons (Fsp3) is 0.227. The van der Waals surface area contributed by atoms with E-state index < -0.39 is 0 Å². The second kappa shape index (κ2) is 7.19. The molecule has 1 N–H and O–H groups in total. The normalized spacial score (nSPS) is 12.7. The zero-order valence-electron chi connectivity index (χ0n) is 15.6. The average Bonchev–Trinajstić information content (AvgIpc) is 3.11. The molecule has 2 heterocycles. The van der Waals surface area contributed by atoms with Gasteiger partial charge in [0.05, 0.1) is 0 Å². The second-order valence-electron chi connectivity index (χ2n) is 6.89. The molecule has 0 atom stereocenters. The quantitative estimate of drug-likeness (QED) is 0.768. The van der Waals surface area contributed by atoms with E-state index in [1.54, 1.807) is 11.0 Å². The lowest BCUT2D eigenvalue weighted by atomic mass is 10.1. The first-order valence-corrected chi connectivity index (χ1v) is 9.15. The van der Waals surface area contributed by atoms with Gasteiger partial charge in [-0.1, -0.05) is 48.0 Å². The van der Waals surface area contributed by atoms with E-state index in [4.69, 9.17) is 0 Å². The van der Waals surface area contributed by atoms with Gasteiger partial charge in [0.15, 0.2) is 0 Å². The second-order valence-corrected chi connectivity index (χ2v) is 6.89. The third-order valence-corrected chi connectivity index (χ3v) is 4.78. The Labute approximate surface area is 159 Å². The molecule has 0 saturated carbocycles. The summed E-state index contributed by atoms with van der Waals surface area (Å²) in [4.78, 5) is 23.7. The highest BCUT2D eigenvalue weighted by atomic mass is 16.2. The lowest BCUT2D eigenvalue weighted by Crippen LogP contribution is -2.30. The standard InChI is InChI=1S/C22H22N4O/c1-15-7-9-17(10-8-15)14-23-22-24-16(2)13-19(25-22)21(27)26-12-11-18-5-3-4-6-20(18)26/h3-10,13H,11-12,14H2,1-2H3,(H,23,24,25). The number of fused-ring (bicyclic) bond motifs is 1. The molecule has 0 bridgehead atoms. The molecule has 27 heavy (non-hydrogen) atoms. The molecule has 2 aromatic carbocycles. The Hall–Kier alpha value is -3.21. The van der Waals surface area contributed by atoms with Crippen molar-refractivity contribution in [3.05, 3.63) is 82.7 Å². The van der Waals surface area contributed by atoms with Crippen molar-refractivity contribution in [3.8, 4) is 0 Å². The van der Waals surface area contributed by atoms with Crippen LogP contribution in [-0.4, -0.2) is 22.4 Å². The number of nitrogens with zero attached hydrogens (tertiary/aromatic N) is 3. The van der Waals surface area contributed by atoms with Crippen LogP contribution in [0.3, 0.4) is 0 Å². The molecule has 0 unspecified atom stereocenters. The minimum absolute atomic E-state index is 0.0798. The molecule has 3 aromatic rings. The fourth-order valence-electron chi connectivity index (χ4n) is 3.33. The average molecular weight is 358 g/mol. The highest BCUT2D eigenvalue weighted by Gasteiger charge is 2.26. The Balaban J connectivity index is 1.54. The number of aromatic nitrogens is 2. The molecular formula is C22H22N4O. The maximum atomic E-state index is 13.0. The zero-order valence-corrected chi connectivity index (χ0v) is 15.6. The van der Waals surface area contributed by atoms with Crippen molar-refractivity contribution in [2.45, 2.75) is 26.8 Å². The molecule has 1 aliphatic rings. The molecule has 1 amide bonds. The Morgan fingerprint density at radius 3 is 2.67 bits per heavy atom. The maximum absolute atomic E-state index is 13.0. The summed E-state index contributed by atoms with van der Waals surface area (Å²) in [5.41, 5.74) is 5.75. The molecule has 0 fully saturated rings. The number of hydrogen-bond acceptors (Lipinski definition) is 4. The predicted octanol–water partition coefficient (Wildman–Crippen LogP) is 3.91. The number of benzene rings is 2. The van der Waals surface area contributed by atoms with Crippen molar-refractivity contribution >= 4 is 17.5 Å². The van der Waals surface area contributed by atoms with E-state index in [2.05, 4.69) is 52.5 Å². The van der Waals surface area contributed by atoms with E-state index in [1.807, 2.05) is 25.1 Å². The molecule has 1 aromatic heterocycles. The van der Waals surface area contributed by atoms with Crippen LogP contribution in [-0.2, 0) is 13.0 Å². The molecule has 0 spiro atoms. The fourth-order valence-corrected chi connectivity index (χ4v) is 3.33. The van der Waals surface area contributed by atoms with Gasteiger partial charge in [-0.2, -0.15) is 0 Å². The van der Waals surface area contributed by atoms with Crippen LogP contribution < -0.4 is 10.2 Å². The molecule has 5 nitrogen and oxygen atoms in total. The minimum Gasteiger partial charge on any atom is -0.350 e. The van der Waals surface area contributed by atoms with Crippen LogP contribution >= 0.6 is 0 Å². The van der Waals surface area contributed by atoms with E-state index in [0.717, 1.165) is 23.4 Å². The van der Waals surface area contributed by atoms with Crippen LogP contribution in [0.2, 0.25) is 0 Å². The molecule has 136 valence electrons. The number of nitrogens with one attached hydrogen (secondary N) is 1. The van der Waals surface area contributed by atoms with Crippen LogP contribution in [0, 0.1) is 13.8 Å². The first-order chi connectivity index (χ1) is 13.1. The van der Waals surface area contributed by atoms with Crippen LogP contribution in [0.5, 0.6) is 0 Å². The van der Waals surface area contributed by atoms with E-state index in [0.29, 0.717) is 24.7 Å². The Morgan fingerprint density at radius 2 is 1.85 bits per heavy atom. The van der Waals surface area contributed by atoms with Gasteiger partial charge < -0.3 is 10.2 Å². The Bertz CT molecular complexity index is 982. The minimum atomic E-state index is -0.0798. The van der Waals surface area contributed by atoms with Crippen molar-refractivity contribution in [2.24, 2.45) is 0 Å². The summed E-state index contributed by atoms with van der Waals surface area (Å²) < 4.78 is 0. The summed E-state index contributed by atoms with van der Waals surface area (Å²) in [5.74, 6) is 0.398. The van der Waals surface area contributed by atoms with Gasteiger partial charge in [0, 0.05) is 24.5 Å². The molecule has 5 heteroatoms. The van der Waals surface area contributed by atoms with Gasteiger partial charge in [-0.25, -0.2) is 9.97 Å². The number of aryl methyl sites for hydroxylation is 2. The van der Waals surface area contributed by atoms with Gasteiger partial charge >= 0.3 is 0 Å². The molecule has 4 rings (SSSR count). The monoisotopic (exact) mass is 358 g/mol. The van der Waals surface area contributed by atoms with Crippen molar-refractivity contribution in [3.63, 3.8) is 0 Å². The first-order valence-electron chi connectivity index (χ1n) is 9.15. The van der Waals surface area contributed by atoms with Crippen LogP contribution in [0.4, 0.5) is 11.6 Å². The number of carbonyl (C=O) groups is 1. The largest absolute Gasteiger partial charge is 0.350 e. The highest BCUT2D eigenvalue weighted by molar-refractivity contribution is 6.06. The summed E-state index contributed by atoms with van der Waals surface area (Å²) in [6.07, 6.45) is 0.879. The third kappa shape index (κ3) is 3.67. The van der Waals surface area contributed by atoms with Gasteiger partial charge in [0.25, 0.3) is 5.91 Å². The molecule has 1 aliphatic heterocycles. The van der Waals surface area contributed by atoms with Crippen LogP contribution in [0.25, 0.3) is 0 Å². The summed E-state index contributed by atoms with van der Waals surface area (Å²) in [6.45, 7) is 5.25. The van der Waals surface area contributed by atoms with Crippen LogP contribution in [0.15, 0.2) is 54.6 Å². The van der Waals surface area contributed by atoms with Crippen molar-refractivity contribution in [1.82, 2.24) is 9.97 Å². The smallest absolute Gasteiger partial charge is 0.277 e. The van der Waals surface area contributed by atoms with Crippen LogP contribution in [0.1, 0.15) is 32.9 Å². The van der Waals surface area contributed by atoms with Crippen molar-refractivity contribution in [2.75, 3.05) is 16.8 Å². The summed E-state index contributed by atoms with van der Waals surface area (Å²) in [7, 11) is 0. The van der Waals surface area contributed by atoms with E-state index in [1.165, 1.54) is 11.1 Å². The topological polar surface area (TPSA) is 58.1 Å². The van der Waals surface area contributed by atoms with Crippen molar-refractivity contribution in [1.29, 1.82) is 0 Å². The lowest BCUT2D eigenvalue weighted by Gasteiger charge is -2.17. The summed E-state index contributed by atoms with van der Waals surface area (Å²) in [5, 5.41) is 3.23. The van der Waals surface area contributed by atoms with E-state index in [-0.39, 0.29) is 5.91 Å². The number of amides is 1.